The highest BCUT2D eigenvalue weighted by atomic mass is 15.1. The maximum absolute atomic E-state index is 7.46. The lowest BCUT2D eigenvalue weighted by Gasteiger charge is -2.13. The first-order valence-electron chi connectivity index (χ1n) is 9.14. The van der Waals surface area contributed by atoms with Crippen molar-refractivity contribution in [3.8, 4) is 0 Å². The van der Waals surface area contributed by atoms with Gasteiger partial charge in [-0.3, -0.25) is 5.41 Å². The van der Waals surface area contributed by atoms with E-state index in [-0.39, 0.29) is 11.9 Å². The third-order valence-corrected chi connectivity index (χ3v) is 5.10. The van der Waals surface area contributed by atoms with E-state index in [1.54, 1.807) is 6.20 Å². The summed E-state index contributed by atoms with van der Waals surface area (Å²) in [5, 5.41) is 10.8. The molecule has 142 valence electrons. The van der Waals surface area contributed by atoms with E-state index in [0.29, 0.717) is 12.1 Å². The molecule has 1 unspecified atom stereocenters. The van der Waals surface area contributed by atoms with Crippen LogP contribution in [0, 0.1) is 5.41 Å². The number of fused-ring (bicyclic) bond motifs is 1. The minimum atomic E-state index is 0.0719. The molecule has 7 heteroatoms. The molecule has 2 aromatic carbocycles. The van der Waals surface area contributed by atoms with Gasteiger partial charge in [0.25, 0.3) is 0 Å². The molecule has 0 radical (unpaired) electrons. The van der Waals surface area contributed by atoms with Crippen molar-refractivity contribution in [2.45, 2.75) is 19.5 Å². The molecule has 0 aliphatic heterocycles. The van der Waals surface area contributed by atoms with Gasteiger partial charge in [0, 0.05) is 30.7 Å². The number of nitrogens with two attached hydrogens (primary N) is 1. The molecule has 4 rings (SSSR count). The number of hydrogen-bond acceptors (Lipinski definition) is 4. The number of amidine groups is 1. The number of anilines is 1. The summed E-state index contributed by atoms with van der Waals surface area (Å²) >= 11 is 0. The lowest BCUT2D eigenvalue weighted by atomic mass is 10.1. The Morgan fingerprint density at radius 2 is 2.00 bits per heavy atom. The van der Waals surface area contributed by atoms with Gasteiger partial charge in [0.15, 0.2) is 0 Å². The lowest BCUT2D eigenvalue weighted by Crippen LogP contribution is -2.11. The van der Waals surface area contributed by atoms with Crippen LogP contribution < -0.4 is 11.1 Å². The van der Waals surface area contributed by atoms with Crippen molar-refractivity contribution >= 4 is 22.6 Å². The third-order valence-electron chi connectivity index (χ3n) is 5.10. The Morgan fingerprint density at radius 3 is 2.68 bits per heavy atom. The molecule has 4 N–H and O–H groups in total. The molecule has 4 aromatic rings. The molecule has 0 fully saturated rings. The third kappa shape index (κ3) is 3.34. The number of nitrogens with one attached hydrogen (secondary N) is 2. The van der Waals surface area contributed by atoms with Gasteiger partial charge in [-0.05, 0) is 48.9 Å². The molecule has 0 saturated heterocycles. The van der Waals surface area contributed by atoms with E-state index < -0.39 is 0 Å². The largest absolute Gasteiger partial charge is 0.384 e. The predicted octanol–water partition coefficient (Wildman–Crippen LogP) is 3.28. The predicted molar refractivity (Wildman–Crippen MR) is 112 cm³/mol. The minimum Gasteiger partial charge on any atom is -0.384 e. The zero-order valence-corrected chi connectivity index (χ0v) is 15.9. The van der Waals surface area contributed by atoms with Crippen LogP contribution in [0.3, 0.4) is 0 Å². The molecule has 28 heavy (non-hydrogen) atoms. The van der Waals surface area contributed by atoms with E-state index in [2.05, 4.69) is 44.6 Å². The molecule has 0 bridgehead atoms. The van der Waals surface area contributed by atoms with E-state index in [1.165, 1.54) is 5.56 Å². The first-order valence-corrected chi connectivity index (χ1v) is 9.14. The maximum atomic E-state index is 7.46. The Labute approximate surface area is 163 Å². The first-order chi connectivity index (χ1) is 13.5. The number of benzene rings is 2. The average molecular weight is 373 g/mol. The number of aromatic nitrogens is 4. The molecule has 0 saturated carbocycles. The van der Waals surface area contributed by atoms with Gasteiger partial charge < -0.3 is 20.2 Å². The van der Waals surface area contributed by atoms with E-state index in [0.717, 1.165) is 22.5 Å². The summed E-state index contributed by atoms with van der Waals surface area (Å²) in [5.41, 5.74) is 10.5. The van der Waals surface area contributed by atoms with Crippen molar-refractivity contribution in [2.75, 3.05) is 5.32 Å². The Morgan fingerprint density at radius 1 is 1.21 bits per heavy atom. The Kier molecular flexibility index (Phi) is 4.57. The van der Waals surface area contributed by atoms with E-state index in [4.69, 9.17) is 16.1 Å². The van der Waals surface area contributed by atoms with Crippen LogP contribution in [-0.2, 0) is 13.6 Å². The van der Waals surface area contributed by atoms with Gasteiger partial charge in [-0.15, -0.1) is 0 Å². The quantitative estimate of drug-likeness (QED) is 0.357. The number of nitrogens with zero attached hydrogens (tertiary/aromatic N) is 4. The van der Waals surface area contributed by atoms with Crippen LogP contribution in [-0.4, -0.2) is 24.9 Å². The van der Waals surface area contributed by atoms with Gasteiger partial charge in [-0.1, -0.05) is 6.07 Å². The number of hydrogen-bond donors (Lipinski definition) is 3. The van der Waals surface area contributed by atoms with Crippen LogP contribution in [0.1, 0.15) is 29.9 Å². The molecule has 0 aliphatic carbocycles. The Balaban J connectivity index is 1.54. The molecule has 0 amide bonds. The van der Waals surface area contributed by atoms with Gasteiger partial charge in [0.2, 0.25) is 0 Å². The summed E-state index contributed by atoms with van der Waals surface area (Å²) in [5.74, 6) is 1.03. The summed E-state index contributed by atoms with van der Waals surface area (Å²) in [6.07, 6.45) is 5.60. The summed E-state index contributed by atoms with van der Waals surface area (Å²) in [6.45, 7) is 2.76. The molecule has 2 aromatic heterocycles. The van der Waals surface area contributed by atoms with Crippen molar-refractivity contribution in [3.05, 3.63) is 78.1 Å². The highest BCUT2D eigenvalue weighted by molar-refractivity contribution is 5.95. The Bertz CT molecular complexity index is 1110. The maximum Gasteiger partial charge on any atom is 0.128 e. The average Bonchev–Trinajstić information content (AvgIpc) is 3.34. The van der Waals surface area contributed by atoms with Gasteiger partial charge in [0.1, 0.15) is 11.7 Å². The molecular weight excluding hydrogens is 350 g/mol. The first kappa shape index (κ1) is 17.8. The van der Waals surface area contributed by atoms with Crippen molar-refractivity contribution < 1.29 is 0 Å². The van der Waals surface area contributed by atoms with Crippen molar-refractivity contribution in [1.29, 1.82) is 5.41 Å². The molecule has 0 aliphatic rings. The molecule has 7 nitrogen and oxygen atoms in total. The highest BCUT2D eigenvalue weighted by Crippen LogP contribution is 2.23. The second-order valence-corrected chi connectivity index (χ2v) is 6.87. The minimum absolute atomic E-state index is 0.0719. The standard InChI is InChI=1S/C21H23N7/c1-14(28-10-9-24-13-28)16-5-8-19-18(11-16)26-20(27(19)2)12-25-17-6-3-15(4-7-17)21(22)23/h3-11,13-14,25H,12H2,1-2H3,(H3,22,23). The van der Waals surface area contributed by atoms with E-state index in [1.807, 2.05) is 43.8 Å². The number of imidazole rings is 2. The molecule has 1 atom stereocenters. The van der Waals surface area contributed by atoms with E-state index >= 15 is 0 Å². The fraction of sp³-hybridized carbons (Fsp3) is 0.190. The van der Waals surface area contributed by atoms with Gasteiger partial charge in [0.05, 0.1) is 29.9 Å². The lowest BCUT2D eigenvalue weighted by molar-refractivity contribution is 0.639. The van der Waals surface area contributed by atoms with Gasteiger partial charge in [-0.25, -0.2) is 9.97 Å². The zero-order valence-electron chi connectivity index (χ0n) is 15.9. The highest BCUT2D eigenvalue weighted by Gasteiger charge is 2.12. The van der Waals surface area contributed by atoms with Crippen LogP contribution >= 0.6 is 0 Å². The van der Waals surface area contributed by atoms with Gasteiger partial charge in [-0.2, -0.15) is 0 Å². The SMILES string of the molecule is CC(c1ccc2c(c1)nc(CNc1ccc(C(=N)N)cc1)n2C)n1ccnc1. The molecular formula is C21H23N7. The summed E-state index contributed by atoms with van der Waals surface area (Å²) in [6, 6.07) is 14.1. The number of nitrogen functional groups attached to an aromatic ring is 1. The second kappa shape index (κ2) is 7.19. The zero-order chi connectivity index (χ0) is 19.7. The van der Waals surface area contributed by atoms with Crippen LogP contribution in [0.15, 0.2) is 61.2 Å². The monoisotopic (exact) mass is 373 g/mol. The topological polar surface area (TPSA) is 97.5 Å². The summed E-state index contributed by atoms with van der Waals surface area (Å²) in [7, 11) is 2.03. The van der Waals surface area contributed by atoms with E-state index in [9.17, 15) is 0 Å². The smallest absolute Gasteiger partial charge is 0.128 e. The fourth-order valence-electron chi connectivity index (χ4n) is 3.30. The van der Waals surface area contributed by atoms with Crippen molar-refractivity contribution in [3.63, 3.8) is 0 Å². The van der Waals surface area contributed by atoms with Crippen LogP contribution in [0.2, 0.25) is 0 Å². The summed E-state index contributed by atoms with van der Waals surface area (Å²) in [4.78, 5) is 8.95. The van der Waals surface area contributed by atoms with Crippen molar-refractivity contribution in [1.82, 2.24) is 19.1 Å². The second-order valence-electron chi connectivity index (χ2n) is 6.87. The van der Waals surface area contributed by atoms with Gasteiger partial charge >= 0.3 is 0 Å². The number of rotatable bonds is 6. The molecule has 0 spiro atoms. The van der Waals surface area contributed by atoms with Crippen molar-refractivity contribution in [2.24, 2.45) is 12.8 Å². The fourth-order valence-corrected chi connectivity index (χ4v) is 3.30. The van der Waals surface area contributed by atoms with Crippen LogP contribution in [0.4, 0.5) is 5.69 Å². The number of aryl methyl sites for hydroxylation is 1. The van der Waals surface area contributed by atoms with Crippen LogP contribution in [0.5, 0.6) is 0 Å². The normalized spacial score (nSPS) is 12.2. The Hall–Kier alpha value is -3.61. The van der Waals surface area contributed by atoms with Crippen LogP contribution in [0.25, 0.3) is 11.0 Å². The molecule has 2 heterocycles. The summed E-state index contributed by atoms with van der Waals surface area (Å²) < 4.78 is 4.19.